The van der Waals surface area contributed by atoms with Crippen LogP contribution in [-0.4, -0.2) is 135 Å². The van der Waals surface area contributed by atoms with Crippen molar-refractivity contribution >= 4 is 21.5 Å². The number of aryl methyl sites for hydroxylation is 1. The second kappa shape index (κ2) is 59.7. The zero-order valence-corrected chi connectivity index (χ0v) is 79.8. The molecule has 0 bridgehead atoms. The van der Waals surface area contributed by atoms with Gasteiger partial charge in [0.25, 0.3) is 0 Å². The number of nitriles is 1. The molecule has 0 N–H and O–H groups in total. The molecule has 19 nitrogen and oxygen atoms in total. The summed E-state index contributed by atoms with van der Waals surface area (Å²) >= 11 is 0. The normalized spacial score (nSPS) is 18.3. The zero-order chi connectivity index (χ0) is 87.5. The van der Waals surface area contributed by atoms with E-state index in [-0.39, 0.29) is 19.4 Å². The van der Waals surface area contributed by atoms with E-state index < -0.39 is 9.84 Å². The molecule has 3 saturated heterocycles. The zero-order valence-electron chi connectivity index (χ0n) is 79.0. The molecule has 3 atom stereocenters. The molecule has 1 amide bonds. The number of methoxy groups -OCH3 is 1. The minimum Gasteiger partial charge on any atom is -0.449 e. The first-order valence-corrected chi connectivity index (χ1v) is 47.0. The highest BCUT2D eigenvalue weighted by molar-refractivity contribution is 7.90. The van der Waals surface area contributed by atoms with E-state index in [1.54, 1.807) is 52.2 Å². The number of carbonyl (C=O) groups is 2. The van der Waals surface area contributed by atoms with Gasteiger partial charge in [-0.05, 0) is 242 Å². The standard InChI is InChI=1S/C10H18O.C9H15N3.C9H17NO.C9H15N.C8H15F.C8H15N3.C8H16O.2C7H11NO.C7H14O.C6H14O2S.C6H14O.H2/c1-8(2)6-10(4-5-10)7-9(3)11;1-8(2)7-9(3-4-9)12-6-5-10-11-12;1-7(2)6-9-4-5-10(9)8(3)11;1-8(2)7-9(3-4-9)5-6-10;1-7(2)5-8(6-9)3-4-8;1-4-11-6-9-10-8(11)5-7(2)3;1-7(2)6-8-4-3-5-9-8;1-6(2)5-7-8-3-4-9-7;1-6(2)5-7-3-4-9-8-7;1-6(2)5-7-3-4-8-7;1-6(2)4-5-9(3,7)8;1-6(2)4-5-7-3;/h8H,4-7H2,1-3H3;5-6,8H,3-4,7H2,1-2H3;7,9H,4-6H2,1-3H3;8H,3-5,7H2,1-2H3;7H,3-6H2,1-2H3;6-7H,4-5H2,1-3H3;7-8H,3-6H2,1-2H3;2*3-4,6H,5H2,1-2H3;6-7H,3-5H2,1-2H3;6H,4-5H2,1-3H3;6H,4-5H2,1-3H3;1H. The maximum Gasteiger partial charge on any atom is 0.219 e. The van der Waals surface area contributed by atoms with Gasteiger partial charge in [0.05, 0.1) is 54.3 Å². The number of Topliss-reactive ketones (excluding diaryl/α,β-unsaturated/α-hetero) is 1. The van der Waals surface area contributed by atoms with E-state index in [0.29, 0.717) is 81.7 Å². The van der Waals surface area contributed by atoms with E-state index in [4.69, 9.17) is 23.9 Å². The Labute approximate surface area is 705 Å². The maximum atomic E-state index is 12.2. The number of hydrogen-bond donors (Lipinski definition) is 0. The van der Waals surface area contributed by atoms with Crippen LogP contribution in [0.1, 0.15) is 353 Å². The molecule has 670 valence electrons. The lowest BCUT2D eigenvalue weighted by Gasteiger charge is -2.41. The second-order valence-electron chi connectivity index (χ2n) is 39.5. The number of halogens is 1. The van der Waals surface area contributed by atoms with Gasteiger partial charge in [-0.1, -0.05) is 177 Å². The summed E-state index contributed by atoms with van der Waals surface area (Å²) in [5.74, 6) is 11.3. The first-order chi connectivity index (χ1) is 53.8. The van der Waals surface area contributed by atoms with Gasteiger partial charge in [0.1, 0.15) is 40.3 Å². The number of hydrogen-bond acceptors (Lipinski definition) is 16. The highest BCUT2D eigenvalue weighted by Gasteiger charge is 2.46. The number of amides is 1. The molecule has 4 aromatic heterocycles. The Kier molecular flexibility index (Phi) is 57.2. The Balaban J connectivity index is 0. The van der Waals surface area contributed by atoms with Crippen molar-refractivity contribution in [3.63, 3.8) is 0 Å². The van der Waals surface area contributed by atoms with E-state index in [1.165, 1.54) is 115 Å². The summed E-state index contributed by atoms with van der Waals surface area (Å²) in [6, 6.07) is 4.73. The molecule has 7 aliphatic rings. The number of aromatic nitrogens is 8. The fourth-order valence-corrected chi connectivity index (χ4v) is 15.2. The lowest BCUT2D eigenvalue weighted by Crippen LogP contribution is -2.50. The maximum absolute atomic E-state index is 12.2. The number of alkyl halides is 1. The van der Waals surface area contributed by atoms with Gasteiger partial charge in [-0.2, -0.15) is 5.26 Å². The molecule has 7 heterocycles. The summed E-state index contributed by atoms with van der Waals surface area (Å²) in [7, 11) is -0.981. The minimum atomic E-state index is -2.72. The van der Waals surface area contributed by atoms with Crippen molar-refractivity contribution in [2.24, 2.45) is 87.3 Å². The number of sulfone groups is 1. The van der Waals surface area contributed by atoms with Crippen molar-refractivity contribution in [2.45, 2.75) is 384 Å². The Morgan fingerprint density at radius 3 is 1.46 bits per heavy atom. The smallest absolute Gasteiger partial charge is 0.219 e. The van der Waals surface area contributed by atoms with Crippen LogP contribution in [0.4, 0.5) is 4.39 Å². The van der Waals surface area contributed by atoms with Crippen LogP contribution in [0.2, 0.25) is 0 Å². The van der Waals surface area contributed by atoms with Crippen LogP contribution in [0.3, 0.4) is 0 Å². The van der Waals surface area contributed by atoms with Crippen LogP contribution in [-0.2, 0) is 65.0 Å². The Morgan fingerprint density at radius 1 is 0.626 bits per heavy atom. The Morgan fingerprint density at radius 2 is 1.15 bits per heavy atom. The fraction of sp³-hybridized carbons (Fsp3) is 0.862. The third-order valence-corrected chi connectivity index (χ3v) is 21.6. The number of rotatable bonds is 32. The van der Waals surface area contributed by atoms with Crippen LogP contribution in [0, 0.1) is 98.6 Å². The van der Waals surface area contributed by atoms with E-state index in [1.807, 2.05) is 35.7 Å². The van der Waals surface area contributed by atoms with Crippen LogP contribution in [0.25, 0.3) is 0 Å². The Hall–Kier alpha value is -4.91. The predicted molar refractivity (Wildman–Crippen MR) is 476 cm³/mol. The first kappa shape index (κ1) is 110. The summed E-state index contributed by atoms with van der Waals surface area (Å²) in [6.07, 6.45) is 42.9. The quantitative estimate of drug-likeness (QED) is 0.0442. The molecule has 3 unspecified atom stereocenters. The number of oxazole rings is 1. The molecular weight excluding hydrogens is 1460 g/mol. The lowest BCUT2D eigenvalue weighted by atomic mass is 9.90. The van der Waals surface area contributed by atoms with E-state index in [9.17, 15) is 22.4 Å². The third-order valence-electron chi connectivity index (χ3n) is 20.6. The van der Waals surface area contributed by atoms with Gasteiger partial charge in [-0.15, -0.1) is 15.3 Å². The molecule has 4 aliphatic carbocycles. The van der Waals surface area contributed by atoms with Gasteiger partial charge in [0, 0.05) is 98.6 Å². The molecule has 115 heavy (non-hydrogen) atoms. The summed E-state index contributed by atoms with van der Waals surface area (Å²) in [6.45, 7) is 62.8. The van der Waals surface area contributed by atoms with Gasteiger partial charge in [-0.3, -0.25) is 9.18 Å². The van der Waals surface area contributed by atoms with Gasteiger partial charge < -0.3 is 37.4 Å². The van der Waals surface area contributed by atoms with Crippen molar-refractivity contribution in [3.05, 3.63) is 60.9 Å². The van der Waals surface area contributed by atoms with Gasteiger partial charge in [0.15, 0.2) is 5.89 Å². The summed E-state index contributed by atoms with van der Waals surface area (Å²) < 4.78 is 62.6. The Bertz CT molecular complexity index is 3100. The summed E-state index contributed by atoms with van der Waals surface area (Å²) in [5, 5.41) is 28.1. The first-order valence-electron chi connectivity index (χ1n) is 44.9. The SMILES string of the molecule is CC(=O)CC1(CC(C)C)CC1.CC(=O)N1CCC1CC(C)C.CC(C)CC1(CC#N)CC1.CC(C)CC1(CF)CC1.CC(C)CC1(n2ccnn2)CC1.CC(C)CC1CCCO1.CC(C)CC1CCO1.CC(C)CCS(C)(=O)=O.CC(C)Cc1ccon1.CC(C)Cc1ncco1.CCn1cnnc1CC(C)C.COCCC(C)C.[HH]. The fourth-order valence-electron chi connectivity index (χ4n) is 14.3. The van der Waals surface area contributed by atoms with Crippen molar-refractivity contribution in [2.75, 3.05) is 52.2 Å². The topological polar surface area (TPSA) is 236 Å². The average Bonchev–Trinajstić information content (AvgIpc) is 1.62. The van der Waals surface area contributed by atoms with Gasteiger partial charge >= 0.3 is 0 Å². The molecule has 11 rings (SSSR count). The van der Waals surface area contributed by atoms with Crippen molar-refractivity contribution in [1.82, 2.24) is 44.8 Å². The van der Waals surface area contributed by atoms with Crippen LogP contribution >= 0.6 is 0 Å². The molecule has 7 fully saturated rings. The van der Waals surface area contributed by atoms with Gasteiger partial charge in [-0.25, -0.2) is 18.1 Å². The second-order valence-corrected chi connectivity index (χ2v) is 41.8. The van der Waals surface area contributed by atoms with E-state index in [0.717, 1.165) is 144 Å². The molecule has 21 heteroatoms. The van der Waals surface area contributed by atoms with Crippen molar-refractivity contribution < 1.29 is 47.0 Å². The van der Waals surface area contributed by atoms with Crippen LogP contribution in [0.5, 0.6) is 0 Å². The highest BCUT2D eigenvalue weighted by atomic mass is 32.2. The van der Waals surface area contributed by atoms with Crippen LogP contribution in [0.15, 0.2) is 52.5 Å². The van der Waals surface area contributed by atoms with Crippen molar-refractivity contribution in [1.29, 1.82) is 5.26 Å². The third kappa shape index (κ3) is 58.6. The van der Waals surface area contributed by atoms with Gasteiger partial charge in [0.2, 0.25) is 5.91 Å². The summed E-state index contributed by atoms with van der Waals surface area (Å²) in [5.41, 5.74) is 2.44. The summed E-state index contributed by atoms with van der Waals surface area (Å²) in [4.78, 5) is 27.8. The number of ether oxygens (including phenoxy) is 3. The lowest BCUT2D eigenvalue weighted by molar-refractivity contribution is -0.136. The number of ketones is 1. The van der Waals surface area contributed by atoms with E-state index in [2.05, 4.69) is 205 Å². The number of nitrogens with zero attached hydrogens (tertiary/aromatic N) is 10. The molecule has 0 aromatic carbocycles. The van der Waals surface area contributed by atoms with Crippen LogP contribution < -0.4 is 0 Å². The molecule has 3 aliphatic heterocycles. The molecular formula is C94H177FN10O9S. The minimum absolute atomic E-state index is 0. The molecule has 4 saturated carbocycles. The predicted octanol–water partition coefficient (Wildman–Crippen LogP) is 24.0. The van der Waals surface area contributed by atoms with Crippen molar-refractivity contribution in [3.8, 4) is 6.07 Å². The molecule has 4 aromatic rings. The number of carbonyl (C=O) groups excluding carboxylic acids is 2. The molecule has 0 radical (unpaired) electrons. The van der Waals surface area contributed by atoms with E-state index >= 15 is 0 Å². The monoisotopic (exact) mass is 1640 g/mol. The number of likely N-dealkylation sites (tertiary alicyclic amines) is 1. The average molecular weight is 1640 g/mol. The molecule has 0 spiro atoms. The highest BCUT2D eigenvalue weighted by Crippen LogP contribution is 2.54. The largest absolute Gasteiger partial charge is 0.449 e.